The lowest BCUT2D eigenvalue weighted by atomic mass is 9.98. The van der Waals surface area contributed by atoms with Crippen molar-refractivity contribution in [1.29, 1.82) is 0 Å². The highest BCUT2D eigenvalue weighted by molar-refractivity contribution is 5.92. The molecular weight excluding hydrogens is 250 g/mol. The first-order valence-electron chi connectivity index (χ1n) is 7.31. The molecule has 3 nitrogen and oxygen atoms in total. The Morgan fingerprint density at radius 2 is 2.05 bits per heavy atom. The normalized spacial score (nSPS) is 21.1. The van der Waals surface area contributed by atoms with Crippen LogP contribution in [0.5, 0.6) is 0 Å². The van der Waals surface area contributed by atoms with Gasteiger partial charge in [-0.15, -0.1) is 0 Å². The Morgan fingerprint density at radius 1 is 1.35 bits per heavy atom. The van der Waals surface area contributed by atoms with Gasteiger partial charge in [-0.25, -0.2) is 0 Å². The molecule has 1 aromatic carbocycles. The number of hydrogen-bond acceptors (Lipinski definition) is 2. The Bertz CT molecular complexity index is 476. The summed E-state index contributed by atoms with van der Waals surface area (Å²) in [5.41, 5.74) is 2.23. The standard InChI is InChI=1S/C17H23NO2/c1-13-6-8-15(9-7-13)10-11-17(20)18-12-4-3-5-16(18)14(2)19/h6-11,14,16,19H,3-5,12H2,1-2H3/b11-10+. The zero-order valence-electron chi connectivity index (χ0n) is 12.2. The van der Waals surface area contributed by atoms with Gasteiger partial charge in [-0.3, -0.25) is 4.79 Å². The summed E-state index contributed by atoms with van der Waals surface area (Å²) in [6.07, 6.45) is 5.99. The van der Waals surface area contributed by atoms with Crippen molar-refractivity contribution < 1.29 is 9.90 Å². The first-order valence-corrected chi connectivity index (χ1v) is 7.31. The lowest BCUT2D eigenvalue weighted by Crippen LogP contribution is -2.48. The molecule has 2 atom stereocenters. The number of amides is 1. The third-order valence-corrected chi connectivity index (χ3v) is 3.88. The SMILES string of the molecule is Cc1ccc(/C=C/C(=O)N2CCCCC2C(C)O)cc1. The van der Waals surface area contributed by atoms with Crippen LogP contribution in [0.3, 0.4) is 0 Å². The first kappa shape index (κ1) is 14.8. The van der Waals surface area contributed by atoms with Gasteiger partial charge in [0.15, 0.2) is 0 Å². The molecule has 1 fully saturated rings. The van der Waals surface area contributed by atoms with Gasteiger partial charge in [0.2, 0.25) is 5.91 Å². The van der Waals surface area contributed by atoms with Crippen LogP contribution in [0.25, 0.3) is 6.08 Å². The Kier molecular flexibility index (Phi) is 4.96. The smallest absolute Gasteiger partial charge is 0.246 e. The molecule has 2 unspecified atom stereocenters. The van der Waals surface area contributed by atoms with Crippen molar-refractivity contribution in [1.82, 2.24) is 4.90 Å². The monoisotopic (exact) mass is 273 g/mol. The number of rotatable bonds is 3. The molecule has 0 aromatic heterocycles. The molecule has 0 radical (unpaired) electrons. The van der Waals surface area contributed by atoms with Crippen LogP contribution in [0.15, 0.2) is 30.3 Å². The molecule has 1 heterocycles. The lowest BCUT2D eigenvalue weighted by molar-refractivity contribution is -0.132. The van der Waals surface area contributed by atoms with E-state index >= 15 is 0 Å². The van der Waals surface area contributed by atoms with Crippen LogP contribution in [0.4, 0.5) is 0 Å². The van der Waals surface area contributed by atoms with Gasteiger partial charge < -0.3 is 10.0 Å². The van der Waals surface area contributed by atoms with Crippen LogP contribution in [-0.4, -0.2) is 34.6 Å². The van der Waals surface area contributed by atoms with E-state index in [-0.39, 0.29) is 11.9 Å². The highest BCUT2D eigenvalue weighted by Gasteiger charge is 2.28. The van der Waals surface area contributed by atoms with E-state index in [9.17, 15) is 9.90 Å². The topological polar surface area (TPSA) is 40.5 Å². The maximum atomic E-state index is 12.3. The molecule has 2 rings (SSSR count). The number of carbonyl (C=O) groups excluding carboxylic acids is 1. The van der Waals surface area contributed by atoms with Gasteiger partial charge in [-0.05, 0) is 44.7 Å². The van der Waals surface area contributed by atoms with E-state index in [1.54, 1.807) is 17.9 Å². The number of aliphatic hydroxyl groups excluding tert-OH is 1. The second kappa shape index (κ2) is 6.71. The van der Waals surface area contributed by atoms with Crippen molar-refractivity contribution in [2.45, 2.75) is 45.3 Å². The minimum absolute atomic E-state index is 0.00354. The van der Waals surface area contributed by atoms with Gasteiger partial charge >= 0.3 is 0 Å². The largest absolute Gasteiger partial charge is 0.391 e. The average Bonchev–Trinajstić information content (AvgIpc) is 2.46. The van der Waals surface area contributed by atoms with Crippen molar-refractivity contribution in [2.24, 2.45) is 0 Å². The van der Waals surface area contributed by atoms with Crippen molar-refractivity contribution in [3.8, 4) is 0 Å². The molecule has 0 aliphatic carbocycles. The maximum absolute atomic E-state index is 12.3. The number of likely N-dealkylation sites (tertiary alicyclic amines) is 1. The molecule has 1 saturated heterocycles. The van der Waals surface area contributed by atoms with Gasteiger partial charge in [0.1, 0.15) is 0 Å². The lowest BCUT2D eigenvalue weighted by Gasteiger charge is -2.36. The summed E-state index contributed by atoms with van der Waals surface area (Å²) < 4.78 is 0. The van der Waals surface area contributed by atoms with Crippen LogP contribution < -0.4 is 0 Å². The van der Waals surface area contributed by atoms with E-state index in [0.717, 1.165) is 31.4 Å². The molecule has 1 N–H and O–H groups in total. The molecule has 108 valence electrons. The summed E-state index contributed by atoms with van der Waals surface area (Å²) in [6, 6.07) is 8.02. The molecule has 20 heavy (non-hydrogen) atoms. The molecule has 1 aliphatic heterocycles. The number of aliphatic hydroxyl groups is 1. The summed E-state index contributed by atoms with van der Waals surface area (Å²) in [6.45, 7) is 4.55. The predicted molar refractivity (Wildman–Crippen MR) is 81.2 cm³/mol. The molecule has 1 aliphatic rings. The molecule has 1 amide bonds. The summed E-state index contributed by atoms with van der Waals surface area (Å²) in [4.78, 5) is 14.1. The summed E-state index contributed by atoms with van der Waals surface area (Å²) in [5, 5.41) is 9.79. The molecule has 3 heteroatoms. The summed E-state index contributed by atoms with van der Waals surface area (Å²) in [7, 11) is 0. The first-order chi connectivity index (χ1) is 9.58. The number of benzene rings is 1. The molecular formula is C17H23NO2. The van der Waals surface area contributed by atoms with E-state index in [4.69, 9.17) is 0 Å². The maximum Gasteiger partial charge on any atom is 0.246 e. The minimum Gasteiger partial charge on any atom is -0.391 e. The van der Waals surface area contributed by atoms with Crippen molar-refractivity contribution >= 4 is 12.0 Å². The fraction of sp³-hybridized carbons (Fsp3) is 0.471. The van der Waals surface area contributed by atoms with E-state index in [2.05, 4.69) is 0 Å². The number of hydrogen-bond donors (Lipinski definition) is 1. The molecule has 0 saturated carbocycles. The van der Waals surface area contributed by atoms with Crippen LogP contribution >= 0.6 is 0 Å². The van der Waals surface area contributed by atoms with Crippen molar-refractivity contribution in [3.05, 3.63) is 41.5 Å². The van der Waals surface area contributed by atoms with Crippen LogP contribution in [-0.2, 0) is 4.79 Å². The van der Waals surface area contributed by atoms with Crippen LogP contribution in [0, 0.1) is 6.92 Å². The Labute approximate surface area is 120 Å². The van der Waals surface area contributed by atoms with E-state index < -0.39 is 6.10 Å². The Balaban J connectivity index is 2.04. The summed E-state index contributed by atoms with van der Waals surface area (Å²) >= 11 is 0. The Hall–Kier alpha value is -1.61. The predicted octanol–water partition coefficient (Wildman–Crippen LogP) is 2.77. The van der Waals surface area contributed by atoms with Crippen LogP contribution in [0.1, 0.15) is 37.3 Å². The van der Waals surface area contributed by atoms with Gasteiger partial charge in [0, 0.05) is 12.6 Å². The van der Waals surface area contributed by atoms with E-state index in [1.165, 1.54) is 5.56 Å². The number of nitrogens with zero attached hydrogens (tertiary/aromatic N) is 1. The Morgan fingerprint density at radius 3 is 2.70 bits per heavy atom. The minimum atomic E-state index is -0.466. The number of aryl methyl sites for hydroxylation is 1. The van der Waals surface area contributed by atoms with Gasteiger partial charge in [-0.2, -0.15) is 0 Å². The fourth-order valence-electron chi connectivity index (χ4n) is 2.67. The average molecular weight is 273 g/mol. The van der Waals surface area contributed by atoms with Gasteiger partial charge in [-0.1, -0.05) is 29.8 Å². The zero-order valence-corrected chi connectivity index (χ0v) is 12.2. The molecule has 0 spiro atoms. The second-order valence-corrected chi connectivity index (χ2v) is 5.58. The highest BCUT2D eigenvalue weighted by atomic mass is 16.3. The van der Waals surface area contributed by atoms with Crippen LogP contribution in [0.2, 0.25) is 0 Å². The zero-order chi connectivity index (χ0) is 14.5. The summed E-state index contributed by atoms with van der Waals surface area (Å²) in [5.74, 6) is -0.00354. The quantitative estimate of drug-likeness (QED) is 0.860. The van der Waals surface area contributed by atoms with Gasteiger partial charge in [0.25, 0.3) is 0 Å². The fourth-order valence-corrected chi connectivity index (χ4v) is 2.67. The third-order valence-electron chi connectivity index (χ3n) is 3.88. The van der Waals surface area contributed by atoms with Crippen molar-refractivity contribution in [2.75, 3.05) is 6.54 Å². The highest BCUT2D eigenvalue weighted by Crippen LogP contribution is 2.20. The third kappa shape index (κ3) is 3.70. The number of carbonyl (C=O) groups is 1. The van der Waals surface area contributed by atoms with E-state index in [1.807, 2.05) is 37.3 Å². The molecule has 0 bridgehead atoms. The molecule has 1 aromatic rings. The van der Waals surface area contributed by atoms with Gasteiger partial charge in [0.05, 0.1) is 12.1 Å². The number of piperidine rings is 1. The van der Waals surface area contributed by atoms with E-state index in [0.29, 0.717) is 0 Å². The van der Waals surface area contributed by atoms with Crippen molar-refractivity contribution in [3.63, 3.8) is 0 Å². The second-order valence-electron chi connectivity index (χ2n) is 5.58.